The number of benzene rings is 2. The van der Waals surface area contributed by atoms with E-state index in [1.807, 2.05) is 38.2 Å². The molecule has 0 fully saturated rings. The molecule has 1 aromatic heterocycles. The standard InChI is InChI=1S/C21H22ClN3O3/c1-13(2)11-24-21(26)10-17(14-4-3-5-15(22)8-14)19-12-23-20-7-6-16(25(27)28)9-18(19)20/h3-9,12-13,17,23H,10-11H2,1-2H3,(H,24,26)/t17-/m1/s1. The zero-order chi connectivity index (χ0) is 20.3. The molecule has 2 aromatic carbocycles. The van der Waals surface area contributed by atoms with Crippen molar-refractivity contribution < 1.29 is 9.72 Å². The lowest BCUT2D eigenvalue weighted by atomic mass is 9.88. The van der Waals surface area contributed by atoms with Crippen LogP contribution in [0, 0.1) is 16.0 Å². The van der Waals surface area contributed by atoms with Gasteiger partial charge < -0.3 is 10.3 Å². The molecule has 2 N–H and O–H groups in total. The molecule has 0 saturated heterocycles. The van der Waals surface area contributed by atoms with E-state index in [1.54, 1.807) is 18.2 Å². The molecule has 0 aliphatic heterocycles. The van der Waals surface area contributed by atoms with E-state index in [-0.39, 0.29) is 23.9 Å². The number of amides is 1. The van der Waals surface area contributed by atoms with Gasteiger partial charge in [0.1, 0.15) is 0 Å². The van der Waals surface area contributed by atoms with E-state index in [4.69, 9.17) is 11.6 Å². The Morgan fingerprint density at radius 3 is 2.71 bits per heavy atom. The lowest BCUT2D eigenvalue weighted by Crippen LogP contribution is -2.28. The smallest absolute Gasteiger partial charge is 0.270 e. The minimum absolute atomic E-state index is 0.0162. The van der Waals surface area contributed by atoms with Crippen LogP contribution < -0.4 is 5.32 Å². The van der Waals surface area contributed by atoms with E-state index in [9.17, 15) is 14.9 Å². The molecule has 3 rings (SSSR count). The maximum Gasteiger partial charge on any atom is 0.270 e. The Kier molecular flexibility index (Phi) is 5.99. The molecule has 0 radical (unpaired) electrons. The van der Waals surface area contributed by atoms with Gasteiger partial charge in [0.15, 0.2) is 0 Å². The Bertz CT molecular complexity index is 1010. The highest BCUT2D eigenvalue weighted by atomic mass is 35.5. The highest BCUT2D eigenvalue weighted by Crippen LogP contribution is 2.35. The lowest BCUT2D eigenvalue weighted by molar-refractivity contribution is -0.384. The normalized spacial score (nSPS) is 12.3. The van der Waals surface area contributed by atoms with Gasteiger partial charge in [-0.3, -0.25) is 14.9 Å². The Morgan fingerprint density at radius 1 is 1.25 bits per heavy atom. The summed E-state index contributed by atoms with van der Waals surface area (Å²) in [7, 11) is 0. The number of rotatable bonds is 7. The Hall–Kier alpha value is -2.86. The molecule has 0 aliphatic carbocycles. The van der Waals surface area contributed by atoms with Crippen LogP contribution >= 0.6 is 11.6 Å². The molecule has 146 valence electrons. The predicted molar refractivity (Wildman–Crippen MR) is 111 cm³/mol. The van der Waals surface area contributed by atoms with Gasteiger partial charge in [0.05, 0.1) is 4.92 Å². The van der Waals surface area contributed by atoms with Crippen molar-refractivity contribution in [2.45, 2.75) is 26.2 Å². The van der Waals surface area contributed by atoms with E-state index < -0.39 is 4.92 Å². The van der Waals surface area contributed by atoms with E-state index in [0.717, 1.165) is 22.0 Å². The number of non-ortho nitro benzene ring substituents is 1. The van der Waals surface area contributed by atoms with Gasteiger partial charge in [0.2, 0.25) is 5.91 Å². The zero-order valence-electron chi connectivity index (χ0n) is 15.7. The van der Waals surface area contributed by atoms with Crippen molar-refractivity contribution in [3.05, 3.63) is 74.9 Å². The van der Waals surface area contributed by atoms with Crippen LogP contribution in [0.2, 0.25) is 5.02 Å². The van der Waals surface area contributed by atoms with Crippen LogP contribution in [0.25, 0.3) is 10.9 Å². The van der Waals surface area contributed by atoms with Crippen molar-refractivity contribution in [2.24, 2.45) is 5.92 Å². The molecule has 1 heterocycles. The Balaban J connectivity index is 2.03. The predicted octanol–water partition coefficient (Wildman–Crippen LogP) is 5.02. The number of aromatic amines is 1. The topological polar surface area (TPSA) is 88.0 Å². The van der Waals surface area contributed by atoms with Crippen LogP contribution in [-0.4, -0.2) is 22.4 Å². The summed E-state index contributed by atoms with van der Waals surface area (Å²) in [4.78, 5) is 26.5. The average Bonchev–Trinajstić information content (AvgIpc) is 3.07. The summed E-state index contributed by atoms with van der Waals surface area (Å²) in [5.74, 6) is 0.00406. The van der Waals surface area contributed by atoms with Crippen LogP contribution in [0.15, 0.2) is 48.7 Å². The minimum atomic E-state index is -0.417. The van der Waals surface area contributed by atoms with Crippen molar-refractivity contribution in [2.75, 3.05) is 6.54 Å². The van der Waals surface area contributed by atoms with Crippen molar-refractivity contribution in [3.8, 4) is 0 Å². The van der Waals surface area contributed by atoms with Gasteiger partial charge in [0, 0.05) is 53.1 Å². The molecule has 0 saturated carbocycles. The minimum Gasteiger partial charge on any atom is -0.361 e. The largest absolute Gasteiger partial charge is 0.361 e. The molecule has 28 heavy (non-hydrogen) atoms. The second kappa shape index (κ2) is 8.44. The number of nitro groups is 1. The highest BCUT2D eigenvalue weighted by molar-refractivity contribution is 6.30. The van der Waals surface area contributed by atoms with E-state index in [2.05, 4.69) is 10.3 Å². The second-order valence-electron chi connectivity index (χ2n) is 7.24. The molecule has 1 atom stereocenters. The molecular formula is C21H22ClN3O3. The number of carbonyl (C=O) groups excluding carboxylic acids is 1. The highest BCUT2D eigenvalue weighted by Gasteiger charge is 2.23. The molecule has 0 bridgehead atoms. The monoisotopic (exact) mass is 399 g/mol. The fourth-order valence-corrected chi connectivity index (χ4v) is 3.44. The summed E-state index contributed by atoms with van der Waals surface area (Å²) in [6, 6.07) is 12.1. The summed E-state index contributed by atoms with van der Waals surface area (Å²) < 4.78 is 0. The van der Waals surface area contributed by atoms with Gasteiger partial charge in [-0.2, -0.15) is 0 Å². The number of nitro benzene ring substituents is 1. The number of carbonyl (C=O) groups is 1. The summed E-state index contributed by atoms with van der Waals surface area (Å²) in [6.07, 6.45) is 2.04. The number of hydrogen-bond acceptors (Lipinski definition) is 3. The first-order valence-electron chi connectivity index (χ1n) is 9.12. The van der Waals surface area contributed by atoms with Crippen molar-refractivity contribution in [3.63, 3.8) is 0 Å². The number of nitrogens with one attached hydrogen (secondary N) is 2. The zero-order valence-corrected chi connectivity index (χ0v) is 16.5. The van der Waals surface area contributed by atoms with Gasteiger partial charge in [-0.15, -0.1) is 0 Å². The van der Waals surface area contributed by atoms with E-state index in [1.165, 1.54) is 6.07 Å². The van der Waals surface area contributed by atoms with Gasteiger partial charge in [-0.05, 0) is 35.2 Å². The van der Waals surface area contributed by atoms with Gasteiger partial charge in [-0.1, -0.05) is 37.6 Å². The number of halogens is 1. The third-order valence-electron chi connectivity index (χ3n) is 4.63. The summed E-state index contributed by atoms with van der Waals surface area (Å²) >= 11 is 6.18. The lowest BCUT2D eigenvalue weighted by Gasteiger charge is -2.18. The molecule has 6 nitrogen and oxygen atoms in total. The maximum absolute atomic E-state index is 12.6. The quantitative estimate of drug-likeness (QED) is 0.431. The first-order chi connectivity index (χ1) is 13.3. The third-order valence-corrected chi connectivity index (χ3v) is 4.87. The first kappa shape index (κ1) is 19.9. The Labute approximate surface area is 168 Å². The summed E-state index contributed by atoms with van der Waals surface area (Å²) in [6.45, 7) is 4.67. The van der Waals surface area contributed by atoms with E-state index >= 15 is 0 Å². The molecule has 7 heteroatoms. The number of aromatic nitrogens is 1. The molecular weight excluding hydrogens is 378 g/mol. The van der Waals surface area contributed by atoms with Crippen molar-refractivity contribution >= 4 is 34.1 Å². The maximum atomic E-state index is 12.6. The van der Waals surface area contributed by atoms with Crippen LogP contribution in [0.1, 0.15) is 37.3 Å². The SMILES string of the molecule is CC(C)CNC(=O)C[C@H](c1cccc(Cl)c1)c1c[nH]c2ccc([N+](=O)[O-])cc12. The van der Waals surface area contributed by atoms with E-state index in [0.29, 0.717) is 17.5 Å². The molecule has 1 amide bonds. The fourth-order valence-electron chi connectivity index (χ4n) is 3.24. The number of fused-ring (bicyclic) bond motifs is 1. The number of H-pyrrole nitrogens is 1. The molecule has 3 aromatic rings. The Morgan fingerprint density at radius 2 is 2.04 bits per heavy atom. The van der Waals surface area contributed by atoms with Gasteiger partial charge in [-0.25, -0.2) is 0 Å². The van der Waals surface area contributed by atoms with Crippen molar-refractivity contribution in [1.29, 1.82) is 0 Å². The number of nitrogens with zero attached hydrogens (tertiary/aromatic N) is 1. The molecule has 0 aliphatic rings. The average molecular weight is 400 g/mol. The second-order valence-corrected chi connectivity index (χ2v) is 7.68. The van der Waals surface area contributed by atoms with Crippen molar-refractivity contribution in [1.82, 2.24) is 10.3 Å². The summed E-state index contributed by atoms with van der Waals surface area (Å²) in [5.41, 5.74) is 2.53. The van der Waals surface area contributed by atoms with Crippen LogP contribution in [0.4, 0.5) is 5.69 Å². The van der Waals surface area contributed by atoms with Crippen LogP contribution in [0.5, 0.6) is 0 Å². The van der Waals surface area contributed by atoms with Gasteiger partial charge >= 0.3 is 0 Å². The third kappa shape index (κ3) is 4.51. The van der Waals surface area contributed by atoms with Crippen LogP contribution in [0.3, 0.4) is 0 Å². The summed E-state index contributed by atoms with van der Waals surface area (Å²) in [5, 5.41) is 15.5. The van der Waals surface area contributed by atoms with Gasteiger partial charge in [0.25, 0.3) is 5.69 Å². The fraction of sp³-hybridized carbons (Fsp3) is 0.286. The molecule has 0 spiro atoms. The molecule has 0 unspecified atom stereocenters. The first-order valence-corrected chi connectivity index (χ1v) is 9.50. The number of hydrogen-bond donors (Lipinski definition) is 2. The van der Waals surface area contributed by atoms with Crippen LogP contribution in [-0.2, 0) is 4.79 Å².